The molecule has 0 aromatic heterocycles. The molecule has 0 saturated carbocycles. The lowest BCUT2D eigenvalue weighted by molar-refractivity contribution is -0.121. The standard InChI is InChI=1S/C14H19ClN2O.ClH/c1-10-13(7-4-8-16-10)17-14(18)9-11-5-2-3-6-12(11)15;/h2-3,5-6,10,13,16H,4,7-9H2,1H3,(H,17,18);1H. The topological polar surface area (TPSA) is 41.1 Å². The first-order valence-electron chi connectivity index (χ1n) is 6.43. The van der Waals surface area contributed by atoms with Crippen LogP contribution in [0.25, 0.3) is 0 Å². The van der Waals surface area contributed by atoms with Gasteiger partial charge < -0.3 is 10.6 Å². The zero-order valence-corrected chi connectivity index (χ0v) is 12.6. The van der Waals surface area contributed by atoms with Gasteiger partial charge in [-0.05, 0) is 37.9 Å². The molecule has 1 amide bonds. The summed E-state index contributed by atoms with van der Waals surface area (Å²) in [5.41, 5.74) is 0.882. The van der Waals surface area contributed by atoms with Crippen molar-refractivity contribution in [2.45, 2.75) is 38.3 Å². The van der Waals surface area contributed by atoms with Crippen molar-refractivity contribution < 1.29 is 4.79 Å². The van der Waals surface area contributed by atoms with Crippen LogP contribution in [0.5, 0.6) is 0 Å². The maximum atomic E-state index is 12.0. The summed E-state index contributed by atoms with van der Waals surface area (Å²) in [6, 6.07) is 8.05. The Hall–Kier alpha value is -0.770. The van der Waals surface area contributed by atoms with Gasteiger partial charge in [-0.2, -0.15) is 0 Å². The highest BCUT2D eigenvalue weighted by Crippen LogP contribution is 2.16. The van der Waals surface area contributed by atoms with E-state index >= 15 is 0 Å². The van der Waals surface area contributed by atoms with E-state index in [0.29, 0.717) is 17.5 Å². The Morgan fingerprint density at radius 2 is 2.21 bits per heavy atom. The minimum Gasteiger partial charge on any atom is -0.352 e. The SMILES string of the molecule is CC1NCCCC1NC(=O)Cc1ccccc1Cl.Cl. The van der Waals surface area contributed by atoms with Gasteiger partial charge in [-0.3, -0.25) is 4.79 Å². The van der Waals surface area contributed by atoms with E-state index in [0.717, 1.165) is 24.9 Å². The van der Waals surface area contributed by atoms with Gasteiger partial charge in [-0.25, -0.2) is 0 Å². The van der Waals surface area contributed by atoms with Crippen LogP contribution in [0, 0.1) is 0 Å². The van der Waals surface area contributed by atoms with Gasteiger partial charge in [0, 0.05) is 17.1 Å². The molecule has 5 heteroatoms. The zero-order chi connectivity index (χ0) is 13.0. The lowest BCUT2D eigenvalue weighted by Gasteiger charge is -2.30. The fourth-order valence-electron chi connectivity index (χ4n) is 2.31. The summed E-state index contributed by atoms with van der Waals surface area (Å²) in [5, 5.41) is 7.11. The first-order valence-corrected chi connectivity index (χ1v) is 6.81. The third kappa shape index (κ3) is 4.68. The molecule has 1 saturated heterocycles. The van der Waals surface area contributed by atoms with Crippen molar-refractivity contribution in [1.29, 1.82) is 0 Å². The van der Waals surface area contributed by atoms with Gasteiger partial charge in [0.25, 0.3) is 0 Å². The lowest BCUT2D eigenvalue weighted by atomic mass is 9.99. The number of carbonyl (C=O) groups excluding carboxylic acids is 1. The zero-order valence-electron chi connectivity index (χ0n) is 11.0. The van der Waals surface area contributed by atoms with Crippen LogP contribution in [0.1, 0.15) is 25.3 Å². The predicted octanol–water partition coefficient (Wildman–Crippen LogP) is 2.56. The molecule has 3 nitrogen and oxygen atoms in total. The summed E-state index contributed by atoms with van der Waals surface area (Å²) in [6.45, 7) is 3.15. The van der Waals surface area contributed by atoms with Gasteiger partial charge in [-0.15, -0.1) is 12.4 Å². The fourth-order valence-corrected chi connectivity index (χ4v) is 2.52. The molecule has 0 spiro atoms. The van der Waals surface area contributed by atoms with Gasteiger partial charge >= 0.3 is 0 Å². The van der Waals surface area contributed by atoms with E-state index in [1.54, 1.807) is 0 Å². The van der Waals surface area contributed by atoms with Crippen LogP contribution in [0.4, 0.5) is 0 Å². The van der Waals surface area contributed by atoms with E-state index in [-0.39, 0.29) is 24.4 Å². The summed E-state index contributed by atoms with van der Waals surface area (Å²) < 4.78 is 0. The molecule has 1 aromatic carbocycles. The monoisotopic (exact) mass is 302 g/mol. The van der Waals surface area contributed by atoms with Gasteiger partial charge in [0.05, 0.1) is 6.42 Å². The van der Waals surface area contributed by atoms with Crippen molar-refractivity contribution in [3.8, 4) is 0 Å². The number of halogens is 2. The predicted molar refractivity (Wildman–Crippen MR) is 81.0 cm³/mol. The molecule has 0 bridgehead atoms. The second kappa shape index (κ2) is 7.73. The Morgan fingerprint density at radius 1 is 1.47 bits per heavy atom. The Balaban J connectivity index is 0.00000180. The molecule has 1 aliphatic heterocycles. The number of carbonyl (C=O) groups is 1. The third-order valence-corrected chi connectivity index (χ3v) is 3.79. The number of hydrogen-bond acceptors (Lipinski definition) is 2. The quantitative estimate of drug-likeness (QED) is 0.901. The Labute approximate surface area is 125 Å². The Bertz CT molecular complexity index is 426. The van der Waals surface area contributed by atoms with E-state index in [1.165, 1.54) is 0 Å². The maximum absolute atomic E-state index is 12.0. The minimum absolute atomic E-state index is 0. The molecule has 1 heterocycles. The van der Waals surface area contributed by atoms with E-state index in [1.807, 2.05) is 24.3 Å². The smallest absolute Gasteiger partial charge is 0.224 e. The average molecular weight is 303 g/mol. The van der Waals surface area contributed by atoms with Crippen LogP contribution < -0.4 is 10.6 Å². The molecule has 0 aliphatic carbocycles. The van der Waals surface area contributed by atoms with Crippen LogP contribution in [-0.4, -0.2) is 24.5 Å². The molecule has 19 heavy (non-hydrogen) atoms. The largest absolute Gasteiger partial charge is 0.352 e. The minimum atomic E-state index is 0. The second-order valence-corrected chi connectivity index (χ2v) is 5.23. The van der Waals surface area contributed by atoms with E-state index in [2.05, 4.69) is 17.6 Å². The molecule has 0 radical (unpaired) electrons. The van der Waals surface area contributed by atoms with Crippen molar-refractivity contribution >= 4 is 29.9 Å². The Kier molecular flexibility index (Phi) is 6.63. The highest BCUT2D eigenvalue weighted by atomic mass is 35.5. The van der Waals surface area contributed by atoms with Crippen molar-refractivity contribution in [3.05, 3.63) is 34.9 Å². The normalized spacial score (nSPS) is 22.4. The molecule has 2 N–H and O–H groups in total. The average Bonchev–Trinajstić information content (AvgIpc) is 2.35. The highest BCUT2D eigenvalue weighted by Gasteiger charge is 2.22. The molecule has 2 atom stereocenters. The molecular weight excluding hydrogens is 283 g/mol. The first-order chi connectivity index (χ1) is 8.66. The molecule has 1 aromatic rings. The van der Waals surface area contributed by atoms with Crippen LogP contribution in [-0.2, 0) is 11.2 Å². The van der Waals surface area contributed by atoms with Gasteiger partial charge in [0.15, 0.2) is 0 Å². The van der Waals surface area contributed by atoms with E-state index in [9.17, 15) is 4.79 Å². The summed E-state index contributed by atoms with van der Waals surface area (Å²) >= 11 is 6.05. The molecule has 106 valence electrons. The first kappa shape index (κ1) is 16.3. The number of rotatable bonds is 3. The van der Waals surface area contributed by atoms with Crippen molar-refractivity contribution in [1.82, 2.24) is 10.6 Å². The number of piperidine rings is 1. The molecule has 1 aliphatic rings. The van der Waals surface area contributed by atoms with Crippen molar-refractivity contribution in [3.63, 3.8) is 0 Å². The Morgan fingerprint density at radius 3 is 2.89 bits per heavy atom. The highest BCUT2D eigenvalue weighted by molar-refractivity contribution is 6.31. The van der Waals surface area contributed by atoms with Crippen molar-refractivity contribution in [2.75, 3.05) is 6.54 Å². The number of nitrogens with one attached hydrogen (secondary N) is 2. The van der Waals surface area contributed by atoms with Crippen molar-refractivity contribution in [2.24, 2.45) is 0 Å². The number of amides is 1. The van der Waals surface area contributed by atoms with Crippen LogP contribution in [0.15, 0.2) is 24.3 Å². The van der Waals surface area contributed by atoms with Gasteiger partial charge in [-0.1, -0.05) is 29.8 Å². The van der Waals surface area contributed by atoms with Crippen LogP contribution in [0.2, 0.25) is 5.02 Å². The molecule has 1 fully saturated rings. The van der Waals surface area contributed by atoms with Gasteiger partial charge in [0.1, 0.15) is 0 Å². The summed E-state index contributed by atoms with van der Waals surface area (Å²) in [7, 11) is 0. The molecule has 2 unspecified atom stereocenters. The fraction of sp³-hybridized carbons (Fsp3) is 0.500. The summed E-state index contributed by atoms with van der Waals surface area (Å²) in [5.74, 6) is 0.0450. The summed E-state index contributed by atoms with van der Waals surface area (Å²) in [6.07, 6.45) is 2.51. The van der Waals surface area contributed by atoms with Crippen LogP contribution in [0.3, 0.4) is 0 Å². The van der Waals surface area contributed by atoms with E-state index < -0.39 is 0 Å². The molecule has 2 rings (SSSR count). The van der Waals surface area contributed by atoms with Crippen LogP contribution >= 0.6 is 24.0 Å². The molecular formula is C14H20Cl2N2O. The summed E-state index contributed by atoms with van der Waals surface area (Å²) in [4.78, 5) is 12.0. The second-order valence-electron chi connectivity index (χ2n) is 4.83. The maximum Gasteiger partial charge on any atom is 0.224 e. The van der Waals surface area contributed by atoms with E-state index in [4.69, 9.17) is 11.6 Å². The lowest BCUT2D eigenvalue weighted by Crippen LogP contribution is -2.52. The number of hydrogen-bond donors (Lipinski definition) is 2. The number of benzene rings is 1. The third-order valence-electron chi connectivity index (χ3n) is 3.42. The van der Waals surface area contributed by atoms with Gasteiger partial charge in [0.2, 0.25) is 5.91 Å².